The summed E-state index contributed by atoms with van der Waals surface area (Å²) in [6.07, 6.45) is -1.46. The van der Waals surface area contributed by atoms with Crippen molar-refractivity contribution in [3.05, 3.63) is 11.1 Å². The molecule has 174 valence electrons. The highest BCUT2D eigenvalue weighted by atomic mass is 32.1. The van der Waals surface area contributed by atoms with Gasteiger partial charge >= 0.3 is 18.2 Å². The molecule has 31 heavy (non-hydrogen) atoms. The van der Waals surface area contributed by atoms with Crippen molar-refractivity contribution in [2.75, 3.05) is 11.9 Å². The van der Waals surface area contributed by atoms with Crippen LogP contribution in [0.15, 0.2) is 10.5 Å². The average Bonchev–Trinajstić information content (AvgIpc) is 3.02. The Morgan fingerprint density at radius 3 is 2.23 bits per heavy atom. The van der Waals surface area contributed by atoms with Crippen LogP contribution in [0.5, 0.6) is 0 Å². The Morgan fingerprint density at radius 1 is 1.13 bits per heavy atom. The maximum absolute atomic E-state index is 11.8. The molecule has 1 heterocycles. The Bertz CT molecular complexity index is 809. The van der Waals surface area contributed by atoms with Gasteiger partial charge in [-0.2, -0.15) is 0 Å². The molecule has 2 amide bonds. The lowest BCUT2D eigenvalue weighted by Crippen LogP contribution is -2.37. The predicted molar refractivity (Wildman–Crippen MR) is 116 cm³/mol. The van der Waals surface area contributed by atoms with Gasteiger partial charge in [-0.1, -0.05) is 12.1 Å². The molecular formula is C19H30N4O7S. The van der Waals surface area contributed by atoms with E-state index in [4.69, 9.17) is 14.3 Å². The van der Waals surface area contributed by atoms with Crippen LogP contribution in [0.2, 0.25) is 0 Å². The molecule has 11 nitrogen and oxygen atoms in total. The molecular weight excluding hydrogens is 428 g/mol. The molecule has 0 saturated heterocycles. The van der Waals surface area contributed by atoms with Crippen molar-refractivity contribution in [2.24, 2.45) is 5.16 Å². The predicted octanol–water partition coefficient (Wildman–Crippen LogP) is 3.60. The molecule has 0 aliphatic carbocycles. The minimum Gasteiger partial charge on any atom is -0.476 e. The molecule has 1 rings (SSSR count). The van der Waals surface area contributed by atoms with Crippen molar-refractivity contribution >= 4 is 40.3 Å². The van der Waals surface area contributed by atoms with Crippen molar-refractivity contribution in [1.82, 2.24) is 10.3 Å². The van der Waals surface area contributed by atoms with Crippen molar-refractivity contribution in [1.29, 1.82) is 0 Å². The number of nitrogens with zero attached hydrogens (tertiary/aromatic N) is 2. The number of carboxylic acids is 1. The van der Waals surface area contributed by atoms with Gasteiger partial charge in [0, 0.05) is 5.38 Å². The van der Waals surface area contributed by atoms with Gasteiger partial charge in [0.25, 0.3) is 0 Å². The van der Waals surface area contributed by atoms with Crippen LogP contribution in [-0.2, 0) is 19.1 Å². The first kappa shape index (κ1) is 26.1. The van der Waals surface area contributed by atoms with Gasteiger partial charge < -0.3 is 24.7 Å². The maximum Gasteiger partial charge on any atom is 0.413 e. The fourth-order valence-electron chi connectivity index (χ4n) is 1.92. The van der Waals surface area contributed by atoms with E-state index >= 15 is 0 Å². The van der Waals surface area contributed by atoms with E-state index in [1.807, 2.05) is 0 Å². The number of ether oxygens (including phenoxy) is 2. The molecule has 0 spiro atoms. The van der Waals surface area contributed by atoms with Crippen LogP contribution in [-0.4, -0.2) is 57.8 Å². The second-order valence-corrected chi connectivity index (χ2v) is 9.29. The van der Waals surface area contributed by atoms with Gasteiger partial charge in [-0.25, -0.2) is 19.4 Å². The molecule has 0 radical (unpaired) electrons. The summed E-state index contributed by atoms with van der Waals surface area (Å²) in [5.74, 6) is -1.36. The Kier molecular flexibility index (Phi) is 9.22. The quantitative estimate of drug-likeness (QED) is 0.395. The van der Waals surface area contributed by atoms with Gasteiger partial charge in [0.1, 0.15) is 23.0 Å². The van der Waals surface area contributed by atoms with Crippen LogP contribution < -0.4 is 10.6 Å². The lowest BCUT2D eigenvalue weighted by atomic mass is 10.2. The highest BCUT2D eigenvalue weighted by Crippen LogP contribution is 2.18. The number of nitrogens with one attached hydrogen (secondary N) is 2. The molecule has 1 atom stereocenters. The van der Waals surface area contributed by atoms with E-state index in [1.54, 1.807) is 48.5 Å². The van der Waals surface area contributed by atoms with Gasteiger partial charge in [0.15, 0.2) is 5.13 Å². The zero-order valence-corrected chi connectivity index (χ0v) is 19.6. The Morgan fingerprint density at radius 2 is 1.71 bits per heavy atom. The fourth-order valence-corrected chi connectivity index (χ4v) is 2.60. The summed E-state index contributed by atoms with van der Waals surface area (Å²) >= 11 is 1.01. The number of carbonyl (C=O) groups is 3. The number of carbonyl (C=O) groups excluding carboxylic acids is 2. The first-order valence-electron chi connectivity index (χ1n) is 9.60. The lowest BCUT2D eigenvalue weighted by Gasteiger charge is -2.21. The summed E-state index contributed by atoms with van der Waals surface area (Å²) in [6.45, 7) is 12.2. The second kappa shape index (κ2) is 10.9. The molecule has 0 aliphatic heterocycles. The zero-order chi connectivity index (χ0) is 23.8. The van der Waals surface area contributed by atoms with Crippen molar-refractivity contribution in [2.45, 2.75) is 72.2 Å². The van der Waals surface area contributed by atoms with Crippen LogP contribution in [0.1, 0.15) is 60.6 Å². The van der Waals surface area contributed by atoms with E-state index in [0.717, 1.165) is 11.3 Å². The number of aliphatic carboxylic acids is 1. The molecule has 0 saturated carbocycles. The SMILES string of the molecule is CCC(CNC(=O)OC(C)(C)C)ON=C(C(=O)O)c1csc(NC(=O)OC(C)(C)C)n1. The number of hydrogen-bond acceptors (Lipinski definition) is 9. The summed E-state index contributed by atoms with van der Waals surface area (Å²) in [6, 6.07) is 0. The highest BCUT2D eigenvalue weighted by Gasteiger charge is 2.22. The van der Waals surface area contributed by atoms with E-state index in [1.165, 1.54) is 5.38 Å². The van der Waals surface area contributed by atoms with Gasteiger partial charge in [-0.05, 0) is 48.0 Å². The maximum atomic E-state index is 11.8. The lowest BCUT2D eigenvalue weighted by molar-refractivity contribution is -0.129. The number of thiazole rings is 1. The summed E-state index contributed by atoms with van der Waals surface area (Å²) in [7, 11) is 0. The zero-order valence-electron chi connectivity index (χ0n) is 18.8. The molecule has 1 unspecified atom stereocenters. The van der Waals surface area contributed by atoms with Crippen molar-refractivity contribution in [3.8, 4) is 0 Å². The highest BCUT2D eigenvalue weighted by molar-refractivity contribution is 7.14. The number of anilines is 1. The summed E-state index contributed by atoms with van der Waals surface area (Å²) in [4.78, 5) is 44.5. The third-order valence-corrected chi connectivity index (χ3v) is 3.94. The number of rotatable bonds is 8. The summed E-state index contributed by atoms with van der Waals surface area (Å²) < 4.78 is 10.3. The number of alkyl carbamates (subject to hydrolysis) is 1. The smallest absolute Gasteiger partial charge is 0.413 e. The van der Waals surface area contributed by atoms with Crippen LogP contribution >= 0.6 is 11.3 Å². The molecule has 12 heteroatoms. The van der Waals surface area contributed by atoms with E-state index in [-0.39, 0.29) is 17.4 Å². The van der Waals surface area contributed by atoms with Crippen molar-refractivity contribution in [3.63, 3.8) is 0 Å². The Balaban J connectivity index is 2.78. The van der Waals surface area contributed by atoms with Gasteiger partial charge in [-0.15, -0.1) is 11.3 Å². The largest absolute Gasteiger partial charge is 0.476 e. The average molecular weight is 459 g/mol. The molecule has 0 aromatic carbocycles. The van der Waals surface area contributed by atoms with E-state index in [0.29, 0.717) is 6.42 Å². The van der Waals surface area contributed by atoms with Gasteiger partial charge in [0.05, 0.1) is 6.54 Å². The topological polar surface area (TPSA) is 148 Å². The number of hydrogen-bond donors (Lipinski definition) is 3. The Labute approximate surface area is 185 Å². The standard InChI is InChI=1S/C19H30N4O7S/c1-8-11(9-20-16(26)28-18(2,3)4)30-23-13(14(24)25)12-10-31-15(21-12)22-17(27)29-19(5,6)7/h10-11H,8-9H2,1-7H3,(H,20,26)(H,24,25)(H,21,22,27). The Hall–Kier alpha value is -2.89. The minimum atomic E-state index is -1.36. The van der Waals surface area contributed by atoms with E-state index < -0.39 is 41.2 Å². The van der Waals surface area contributed by atoms with E-state index in [9.17, 15) is 19.5 Å². The summed E-state index contributed by atoms with van der Waals surface area (Å²) in [5, 5.41) is 19.7. The number of aromatic nitrogens is 1. The van der Waals surface area contributed by atoms with Crippen LogP contribution in [0.25, 0.3) is 0 Å². The normalized spacial score (nSPS) is 13.2. The van der Waals surface area contributed by atoms with Crippen LogP contribution in [0, 0.1) is 0 Å². The molecule has 0 aliphatic rings. The first-order chi connectivity index (χ1) is 14.2. The molecule has 0 fully saturated rings. The third kappa shape index (κ3) is 10.6. The van der Waals surface area contributed by atoms with E-state index in [2.05, 4.69) is 20.8 Å². The molecule has 1 aromatic heterocycles. The van der Waals surface area contributed by atoms with Crippen molar-refractivity contribution < 1.29 is 33.8 Å². The summed E-state index contributed by atoms with van der Waals surface area (Å²) in [5.41, 5.74) is -1.76. The number of amides is 2. The van der Waals surface area contributed by atoms with Gasteiger partial charge in [0.2, 0.25) is 5.71 Å². The first-order valence-corrected chi connectivity index (χ1v) is 10.5. The number of carboxylic acid groups (broad SMARTS) is 1. The minimum absolute atomic E-state index is 0.0125. The third-order valence-electron chi connectivity index (χ3n) is 3.18. The van der Waals surface area contributed by atoms with Crippen LogP contribution in [0.3, 0.4) is 0 Å². The van der Waals surface area contributed by atoms with Crippen LogP contribution in [0.4, 0.5) is 14.7 Å². The molecule has 0 bridgehead atoms. The van der Waals surface area contributed by atoms with Gasteiger partial charge in [-0.3, -0.25) is 5.32 Å². The fraction of sp³-hybridized carbons (Fsp3) is 0.632. The molecule has 1 aromatic rings. The monoisotopic (exact) mass is 458 g/mol. The second-order valence-electron chi connectivity index (χ2n) is 8.43. The number of oxime groups is 1. The molecule has 3 N–H and O–H groups in total.